The lowest BCUT2D eigenvalue weighted by atomic mass is 10.1. The molecule has 1 aromatic carbocycles. The fourth-order valence-corrected chi connectivity index (χ4v) is 1.80. The van der Waals surface area contributed by atoms with Crippen LogP contribution in [-0.2, 0) is 0 Å². The van der Waals surface area contributed by atoms with E-state index in [1.165, 1.54) is 0 Å². The second-order valence-electron chi connectivity index (χ2n) is 4.20. The maximum Gasteiger partial charge on any atom is 0.138 e. The van der Waals surface area contributed by atoms with Gasteiger partial charge in [-0.2, -0.15) is 0 Å². The third-order valence-electron chi connectivity index (χ3n) is 2.74. The summed E-state index contributed by atoms with van der Waals surface area (Å²) in [6.45, 7) is 7.45. The number of rotatable bonds is 3. The Balaban J connectivity index is 2.65. The summed E-state index contributed by atoms with van der Waals surface area (Å²) in [5.74, 6) is 1.39. The third-order valence-corrected chi connectivity index (χ3v) is 2.74. The Kier molecular flexibility index (Phi) is 2.94. The number of hydrogen-bond acceptors (Lipinski definition) is 3. The molecule has 3 nitrogen and oxygen atoms in total. The number of furan rings is 1. The molecule has 0 unspecified atom stereocenters. The standard InChI is InChI=1S/C14H16O3/c1-8(2)12-6-10-5-11(9(3)15)14(16-4)7-13(10)17-12/h5-7,9,15H,1H2,2-4H3/t9-/m1/s1. The molecule has 0 fully saturated rings. The van der Waals surface area contributed by atoms with Crippen LogP contribution in [0.3, 0.4) is 0 Å². The summed E-state index contributed by atoms with van der Waals surface area (Å²) in [5.41, 5.74) is 2.37. The van der Waals surface area contributed by atoms with E-state index in [-0.39, 0.29) is 0 Å². The van der Waals surface area contributed by atoms with Crippen molar-refractivity contribution >= 4 is 16.5 Å². The summed E-state index contributed by atoms with van der Waals surface area (Å²) in [4.78, 5) is 0. The van der Waals surface area contributed by atoms with Gasteiger partial charge in [0.1, 0.15) is 17.1 Å². The summed E-state index contributed by atoms with van der Waals surface area (Å²) in [6.07, 6.45) is -0.572. The van der Waals surface area contributed by atoms with E-state index in [0.717, 1.165) is 27.9 Å². The summed E-state index contributed by atoms with van der Waals surface area (Å²) in [7, 11) is 1.58. The van der Waals surface area contributed by atoms with E-state index >= 15 is 0 Å². The van der Waals surface area contributed by atoms with Crippen molar-refractivity contribution in [2.45, 2.75) is 20.0 Å². The molecule has 0 aliphatic rings. The van der Waals surface area contributed by atoms with Crippen LogP contribution in [0, 0.1) is 0 Å². The Labute approximate surface area is 100 Å². The van der Waals surface area contributed by atoms with Crippen molar-refractivity contribution in [3.63, 3.8) is 0 Å². The molecule has 1 aromatic heterocycles. The van der Waals surface area contributed by atoms with Crippen LogP contribution in [0.15, 0.2) is 29.2 Å². The number of hydrogen-bond donors (Lipinski definition) is 1. The van der Waals surface area contributed by atoms with E-state index in [4.69, 9.17) is 9.15 Å². The normalized spacial score (nSPS) is 12.7. The number of benzene rings is 1. The lowest BCUT2D eigenvalue weighted by Gasteiger charge is -2.10. The molecule has 2 aromatic rings. The molecule has 0 saturated heterocycles. The van der Waals surface area contributed by atoms with Crippen LogP contribution in [0.5, 0.6) is 5.75 Å². The van der Waals surface area contributed by atoms with Crippen LogP contribution in [-0.4, -0.2) is 12.2 Å². The number of aliphatic hydroxyl groups is 1. The van der Waals surface area contributed by atoms with Crippen LogP contribution in [0.4, 0.5) is 0 Å². The quantitative estimate of drug-likeness (QED) is 0.880. The predicted molar refractivity (Wildman–Crippen MR) is 68.1 cm³/mol. The summed E-state index contributed by atoms with van der Waals surface area (Å²) < 4.78 is 10.9. The van der Waals surface area contributed by atoms with Gasteiger partial charge >= 0.3 is 0 Å². The zero-order chi connectivity index (χ0) is 12.6. The topological polar surface area (TPSA) is 42.6 Å². The lowest BCUT2D eigenvalue weighted by Crippen LogP contribution is -1.95. The van der Waals surface area contributed by atoms with Gasteiger partial charge in [-0.3, -0.25) is 0 Å². The van der Waals surface area contributed by atoms with Crippen LogP contribution in [0.25, 0.3) is 16.5 Å². The van der Waals surface area contributed by atoms with Crippen molar-refractivity contribution in [2.24, 2.45) is 0 Å². The van der Waals surface area contributed by atoms with Crippen molar-refractivity contribution in [2.75, 3.05) is 7.11 Å². The Hall–Kier alpha value is -1.74. The van der Waals surface area contributed by atoms with E-state index in [1.54, 1.807) is 20.1 Å². The van der Waals surface area contributed by atoms with Gasteiger partial charge < -0.3 is 14.3 Å². The van der Waals surface area contributed by atoms with Crippen molar-refractivity contribution in [1.29, 1.82) is 0 Å². The summed E-state index contributed by atoms with van der Waals surface area (Å²) in [5, 5.41) is 10.6. The highest BCUT2D eigenvalue weighted by atomic mass is 16.5. The highest BCUT2D eigenvalue weighted by Gasteiger charge is 2.13. The average Bonchev–Trinajstić information content (AvgIpc) is 2.69. The van der Waals surface area contributed by atoms with Crippen molar-refractivity contribution in [3.05, 3.63) is 36.1 Å². The number of aliphatic hydroxyl groups excluding tert-OH is 1. The second-order valence-corrected chi connectivity index (χ2v) is 4.20. The molecule has 0 amide bonds. The minimum atomic E-state index is -0.572. The van der Waals surface area contributed by atoms with Gasteiger partial charge in [0, 0.05) is 17.0 Å². The van der Waals surface area contributed by atoms with Crippen LogP contribution >= 0.6 is 0 Å². The van der Waals surface area contributed by atoms with E-state index < -0.39 is 6.10 Å². The van der Waals surface area contributed by atoms with Gasteiger partial charge in [-0.15, -0.1) is 0 Å². The first-order valence-corrected chi connectivity index (χ1v) is 5.48. The molecular weight excluding hydrogens is 216 g/mol. The second kappa shape index (κ2) is 4.26. The van der Waals surface area contributed by atoms with Gasteiger partial charge in [0.15, 0.2) is 0 Å². The largest absolute Gasteiger partial charge is 0.496 e. The molecule has 1 N–H and O–H groups in total. The molecule has 0 bridgehead atoms. The maximum absolute atomic E-state index is 9.68. The molecule has 3 heteroatoms. The van der Waals surface area contributed by atoms with E-state index in [0.29, 0.717) is 5.75 Å². The van der Waals surface area contributed by atoms with Crippen LogP contribution in [0.1, 0.15) is 31.3 Å². The van der Waals surface area contributed by atoms with Gasteiger partial charge in [-0.05, 0) is 31.6 Å². The first-order valence-electron chi connectivity index (χ1n) is 5.48. The Morgan fingerprint density at radius 3 is 2.65 bits per heavy atom. The van der Waals surface area contributed by atoms with Gasteiger partial charge in [0.2, 0.25) is 0 Å². The summed E-state index contributed by atoms with van der Waals surface area (Å²) in [6, 6.07) is 5.60. The molecule has 0 spiro atoms. The Bertz CT molecular complexity index is 564. The molecule has 0 aliphatic heterocycles. The highest BCUT2D eigenvalue weighted by Crippen LogP contribution is 2.33. The molecule has 90 valence electrons. The van der Waals surface area contributed by atoms with Crippen molar-refractivity contribution in [3.8, 4) is 5.75 Å². The van der Waals surface area contributed by atoms with E-state index in [9.17, 15) is 5.11 Å². The molecule has 0 radical (unpaired) electrons. The van der Waals surface area contributed by atoms with Crippen molar-refractivity contribution in [1.82, 2.24) is 0 Å². The Morgan fingerprint density at radius 1 is 1.41 bits per heavy atom. The van der Waals surface area contributed by atoms with Gasteiger partial charge in [0.05, 0.1) is 13.2 Å². The number of fused-ring (bicyclic) bond motifs is 1. The van der Waals surface area contributed by atoms with Crippen LogP contribution in [0.2, 0.25) is 0 Å². The van der Waals surface area contributed by atoms with Crippen molar-refractivity contribution < 1.29 is 14.3 Å². The zero-order valence-electron chi connectivity index (χ0n) is 10.3. The van der Waals surface area contributed by atoms with E-state index in [1.807, 2.05) is 19.1 Å². The van der Waals surface area contributed by atoms with Gasteiger partial charge in [0.25, 0.3) is 0 Å². The fraction of sp³-hybridized carbons (Fsp3) is 0.286. The monoisotopic (exact) mass is 232 g/mol. The number of ether oxygens (including phenoxy) is 1. The minimum absolute atomic E-state index is 0.572. The minimum Gasteiger partial charge on any atom is -0.496 e. The number of methoxy groups -OCH3 is 1. The first-order chi connectivity index (χ1) is 8.02. The maximum atomic E-state index is 9.68. The lowest BCUT2D eigenvalue weighted by molar-refractivity contribution is 0.194. The molecular formula is C14H16O3. The average molecular weight is 232 g/mol. The van der Waals surface area contributed by atoms with Crippen LogP contribution < -0.4 is 4.74 Å². The molecule has 1 atom stereocenters. The Morgan fingerprint density at radius 2 is 2.12 bits per heavy atom. The van der Waals surface area contributed by atoms with Gasteiger partial charge in [-0.25, -0.2) is 0 Å². The molecule has 1 heterocycles. The highest BCUT2D eigenvalue weighted by molar-refractivity contribution is 5.83. The first kappa shape index (κ1) is 11.7. The zero-order valence-corrected chi connectivity index (χ0v) is 10.3. The SMILES string of the molecule is C=C(C)c1cc2cc([C@@H](C)O)c(OC)cc2o1. The molecule has 0 aliphatic carbocycles. The van der Waals surface area contributed by atoms with Gasteiger partial charge in [-0.1, -0.05) is 6.58 Å². The third kappa shape index (κ3) is 2.06. The van der Waals surface area contributed by atoms with E-state index in [2.05, 4.69) is 6.58 Å². The fourth-order valence-electron chi connectivity index (χ4n) is 1.80. The smallest absolute Gasteiger partial charge is 0.138 e. The molecule has 17 heavy (non-hydrogen) atoms. The molecule has 0 saturated carbocycles. The summed E-state index contributed by atoms with van der Waals surface area (Å²) >= 11 is 0. The predicted octanol–water partition coefficient (Wildman–Crippen LogP) is 3.53. The molecule has 2 rings (SSSR count). The number of allylic oxidation sites excluding steroid dienone is 1.